The highest BCUT2D eigenvalue weighted by molar-refractivity contribution is 7.89. The van der Waals surface area contributed by atoms with Crippen molar-refractivity contribution >= 4 is 33.3 Å². The molecule has 0 aliphatic rings. The van der Waals surface area contributed by atoms with Crippen LogP contribution in [0.25, 0.3) is 0 Å². The van der Waals surface area contributed by atoms with Gasteiger partial charge in [-0.2, -0.15) is 4.72 Å². The fourth-order valence-electron chi connectivity index (χ4n) is 2.84. The Labute approximate surface area is 187 Å². The highest BCUT2D eigenvalue weighted by atomic mass is 32.2. The second-order valence-corrected chi connectivity index (χ2v) is 11.2. The Hall–Kier alpha value is -2.23. The predicted molar refractivity (Wildman–Crippen MR) is 120 cm³/mol. The van der Waals surface area contributed by atoms with Crippen molar-refractivity contribution in [3.8, 4) is 0 Å². The smallest absolute Gasteiger partial charge is 0.325 e. The molecule has 0 unspecified atom stereocenters. The van der Waals surface area contributed by atoms with Crippen LogP contribution >= 0.6 is 11.3 Å². The molecule has 1 aromatic carbocycles. The third kappa shape index (κ3) is 8.80. The zero-order chi connectivity index (χ0) is 23.1. The summed E-state index contributed by atoms with van der Waals surface area (Å²) < 4.78 is 33.5. The molecule has 0 amide bonds. The molecule has 0 radical (unpaired) electrons. The molecule has 0 aliphatic carbocycles. The molecule has 2 aromatic rings. The molecule has 0 fully saturated rings. The van der Waals surface area contributed by atoms with Crippen LogP contribution in [0, 0.1) is 0 Å². The summed E-state index contributed by atoms with van der Waals surface area (Å²) in [7, 11) is -3.90. The fraction of sp³-hybridized carbons (Fsp3) is 0.455. The maximum atomic E-state index is 12.8. The average Bonchev–Trinajstić information content (AvgIpc) is 3.11. The number of ether oxygens (including phenoxy) is 1. The summed E-state index contributed by atoms with van der Waals surface area (Å²) in [6, 6.07) is 10.6. The zero-order valence-electron chi connectivity index (χ0n) is 18.0. The topological polar surface area (TPSA) is 110 Å². The Balaban J connectivity index is 2.12. The van der Waals surface area contributed by atoms with Crippen molar-refractivity contribution in [3.05, 3.63) is 52.2 Å². The summed E-state index contributed by atoms with van der Waals surface area (Å²) in [4.78, 5) is 25.4. The van der Waals surface area contributed by atoms with Crippen LogP contribution < -0.4 is 4.72 Å². The van der Waals surface area contributed by atoms with E-state index in [1.54, 1.807) is 39.0 Å². The zero-order valence-corrected chi connectivity index (χ0v) is 19.6. The number of carboxylic acid groups (broad SMARTS) is 1. The van der Waals surface area contributed by atoms with E-state index in [0.29, 0.717) is 6.42 Å². The largest absolute Gasteiger partial charge is 0.481 e. The van der Waals surface area contributed by atoms with Gasteiger partial charge in [0.15, 0.2) is 0 Å². The highest BCUT2D eigenvalue weighted by Gasteiger charge is 2.30. The first kappa shape index (κ1) is 25.0. The van der Waals surface area contributed by atoms with Crippen molar-refractivity contribution in [1.82, 2.24) is 4.72 Å². The minimum atomic E-state index is -3.90. The number of carboxylic acids is 1. The van der Waals surface area contributed by atoms with E-state index in [-0.39, 0.29) is 17.7 Å². The van der Waals surface area contributed by atoms with Crippen molar-refractivity contribution in [2.24, 2.45) is 0 Å². The molecule has 0 saturated heterocycles. The molecule has 0 spiro atoms. The van der Waals surface area contributed by atoms with Gasteiger partial charge in [-0.05, 0) is 64.3 Å². The second kappa shape index (κ2) is 10.9. The Bertz CT molecular complexity index is 977. The minimum Gasteiger partial charge on any atom is -0.481 e. The Morgan fingerprint density at radius 2 is 1.71 bits per heavy atom. The van der Waals surface area contributed by atoms with Crippen LogP contribution in [-0.2, 0) is 37.2 Å². The summed E-state index contributed by atoms with van der Waals surface area (Å²) in [6.07, 6.45) is 2.40. The number of thiophene rings is 1. The number of hydrogen-bond donors (Lipinski definition) is 2. The quantitative estimate of drug-likeness (QED) is 0.384. The van der Waals surface area contributed by atoms with Gasteiger partial charge in [-0.25, -0.2) is 8.42 Å². The molecule has 0 bridgehead atoms. The van der Waals surface area contributed by atoms with Crippen molar-refractivity contribution < 1.29 is 27.9 Å². The summed E-state index contributed by atoms with van der Waals surface area (Å²) in [5.41, 5.74) is -0.752. The van der Waals surface area contributed by atoms with Gasteiger partial charge in [-0.3, -0.25) is 9.59 Å². The molecule has 7 nitrogen and oxygen atoms in total. The number of unbranched alkanes of at least 4 members (excludes halogenated alkanes) is 1. The lowest BCUT2D eigenvalue weighted by Gasteiger charge is -2.24. The van der Waals surface area contributed by atoms with Gasteiger partial charge in [0.05, 0.1) is 4.90 Å². The van der Waals surface area contributed by atoms with Crippen molar-refractivity contribution in [1.29, 1.82) is 0 Å². The van der Waals surface area contributed by atoms with Gasteiger partial charge >= 0.3 is 11.9 Å². The van der Waals surface area contributed by atoms with Crippen LogP contribution in [0.5, 0.6) is 0 Å². The van der Waals surface area contributed by atoms with Gasteiger partial charge in [0.25, 0.3) is 0 Å². The first-order chi connectivity index (χ1) is 14.5. The maximum Gasteiger partial charge on any atom is 0.325 e. The number of rotatable bonds is 11. The molecule has 170 valence electrons. The van der Waals surface area contributed by atoms with E-state index in [0.717, 1.165) is 22.6 Å². The van der Waals surface area contributed by atoms with Gasteiger partial charge in [-0.1, -0.05) is 18.2 Å². The standard InChI is InChI=1S/C22H29NO6S2/c1-22(2,3)29-21(26)19(23-31(27,28)18-10-5-4-6-11-18)15-17-14-13-16(30-17)9-7-8-12-20(24)25/h4-6,10-11,13-14,19,23H,7-9,12,15H2,1-3H3,(H,24,25)/t19-/m0/s1. The lowest BCUT2D eigenvalue weighted by Crippen LogP contribution is -2.45. The molecule has 0 saturated carbocycles. The molecule has 1 atom stereocenters. The monoisotopic (exact) mass is 467 g/mol. The molecule has 31 heavy (non-hydrogen) atoms. The third-order valence-corrected chi connectivity index (χ3v) is 6.88. The Morgan fingerprint density at radius 1 is 1.06 bits per heavy atom. The van der Waals surface area contributed by atoms with E-state index in [2.05, 4.69) is 4.72 Å². The van der Waals surface area contributed by atoms with Crippen LogP contribution in [0.4, 0.5) is 0 Å². The number of aryl methyl sites for hydroxylation is 1. The van der Waals surface area contributed by atoms with E-state index >= 15 is 0 Å². The number of nitrogens with one attached hydrogen (secondary N) is 1. The summed E-state index contributed by atoms with van der Waals surface area (Å²) >= 11 is 1.49. The summed E-state index contributed by atoms with van der Waals surface area (Å²) in [5, 5.41) is 8.72. The second-order valence-electron chi connectivity index (χ2n) is 8.19. The normalized spacial score (nSPS) is 13.0. The summed E-state index contributed by atoms with van der Waals surface area (Å²) in [6.45, 7) is 5.19. The van der Waals surface area contributed by atoms with E-state index in [1.807, 2.05) is 12.1 Å². The molecule has 0 aliphatic heterocycles. The van der Waals surface area contributed by atoms with Gasteiger partial charge in [0.2, 0.25) is 10.0 Å². The lowest BCUT2D eigenvalue weighted by atomic mass is 10.1. The van der Waals surface area contributed by atoms with E-state index < -0.39 is 33.6 Å². The minimum absolute atomic E-state index is 0.0776. The Morgan fingerprint density at radius 3 is 2.32 bits per heavy atom. The number of aliphatic carboxylic acids is 1. The van der Waals surface area contributed by atoms with Crippen molar-refractivity contribution in [2.75, 3.05) is 0 Å². The first-order valence-electron chi connectivity index (χ1n) is 10.1. The molecular weight excluding hydrogens is 438 g/mol. The van der Waals surface area contributed by atoms with Crippen LogP contribution in [0.1, 0.15) is 49.8 Å². The van der Waals surface area contributed by atoms with E-state index in [9.17, 15) is 18.0 Å². The molecule has 2 N–H and O–H groups in total. The van der Waals surface area contributed by atoms with Crippen LogP contribution in [-0.4, -0.2) is 37.1 Å². The van der Waals surface area contributed by atoms with Crippen LogP contribution in [0.15, 0.2) is 47.4 Å². The average molecular weight is 468 g/mol. The van der Waals surface area contributed by atoms with Gasteiger partial charge in [0.1, 0.15) is 11.6 Å². The summed E-state index contributed by atoms with van der Waals surface area (Å²) in [5.74, 6) is -1.44. The Kier molecular flexibility index (Phi) is 8.79. The SMILES string of the molecule is CC(C)(C)OC(=O)[C@H](Cc1ccc(CCCCC(=O)O)s1)NS(=O)(=O)c1ccccc1. The maximum absolute atomic E-state index is 12.8. The lowest BCUT2D eigenvalue weighted by molar-refractivity contribution is -0.156. The van der Waals surface area contributed by atoms with Crippen LogP contribution in [0.2, 0.25) is 0 Å². The van der Waals surface area contributed by atoms with E-state index in [1.165, 1.54) is 23.5 Å². The molecule has 2 rings (SSSR count). The third-order valence-electron chi connectivity index (χ3n) is 4.23. The van der Waals surface area contributed by atoms with Crippen molar-refractivity contribution in [3.63, 3.8) is 0 Å². The van der Waals surface area contributed by atoms with Gasteiger partial charge < -0.3 is 9.84 Å². The fourth-order valence-corrected chi connectivity index (χ4v) is 5.16. The van der Waals surface area contributed by atoms with Gasteiger partial charge in [0, 0.05) is 22.6 Å². The molecular formula is C22H29NO6S2. The predicted octanol–water partition coefficient (Wildman–Crippen LogP) is 3.78. The number of sulfonamides is 1. The number of benzene rings is 1. The van der Waals surface area contributed by atoms with Crippen LogP contribution in [0.3, 0.4) is 0 Å². The number of carbonyl (C=O) groups is 2. The molecule has 1 heterocycles. The molecule has 9 heteroatoms. The number of carbonyl (C=O) groups excluding carboxylic acids is 1. The first-order valence-corrected chi connectivity index (χ1v) is 12.4. The number of esters is 1. The van der Waals surface area contributed by atoms with Crippen molar-refractivity contribution in [2.45, 2.75) is 69.4 Å². The number of hydrogen-bond acceptors (Lipinski definition) is 6. The van der Waals surface area contributed by atoms with Gasteiger partial charge in [-0.15, -0.1) is 11.3 Å². The molecule has 1 aromatic heterocycles. The highest BCUT2D eigenvalue weighted by Crippen LogP contribution is 2.22. The van der Waals surface area contributed by atoms with E-state index in [4.69, 9.17) is 9.84 Å².